The maximum absolute atomic E-state index is 12.2. The molecule has 2 atom stereocenters. The lowest BCUT2D eigenvalue weighted by Gasteiger charge is -2.29. The summed E-state index contributed by atoms with van der Waals surface area (Å²) in [4.78, 5) is 12.2. The molecule has 2 aliphatic rings. The summed E-state index contributed by atoms with van der Waals surface area (Å²) < 4.78 is 0. The van der Waals surface area contributed by atoms with Gasteiger partial charge in [0.15, 0.2) is 0 Å². The van der Waals surface area contributed by atoms with Gasteiger partial charge in [-0.2, -0.15) is 0 Å². The highest BCUT2D eigenvalue weighted by molar-refractivity contribution is 5.82. The number of carbonyl (C=O) groups is 1. The van der Waals surface area contributed by atoms with E-state index in [4.69, 9.17) is 0 Å². The lowest BCUT2D eigenvalue weighted by molar-refractivity contribution is -0.124. The lowest BCUT2D eigenvalue weighted by Crippen LogP contribution is -2.50. The van der Waals surface area contributed by atoms with Gasteiger partial charge in [-0.15, -0.1) is 0 Å². The Morgan fingerprint density at radius 1 is 1.12 bits per heavy atom. The average molecular weight is 238 g/mol. The molecule has 1 amide bonds. The van der Waals surface area contributed by atoms with Gasteiger partial charge in [0.05, 0.1) is 6.04 Å². The van der Waals surface area contributed by atoms with E-state index in [1.54, 1.807) is 0 Å². The minimum absolute atomic E-state index is 0.0574. The molecule has 0 radical (unpaired) electrons. The van der Waals surface area contributed by atoms with Crippen molar-refractivity contribution in [1.82, 2.24) is 10.6 Å². The highest BCUT2D eigenvalue weighted by Crippen LogP contribution is 2.19. The predicted molar refractivity (Wildman–Crippen MR) is 69.8 cm³/mol. The van der Waals surface area contributed by atoms with Gasteiger partial charge in [0, 0.05) is 6.04 Å². The zero-order chi connectivity index (χ0) is 12.1. The molecule has 3 heteroatoms. The Bertz CT molecular complexity index is 247. The van der Waals surface area contributed by atoms with Crippen LogP contribution in [0.25, 0.3) is 0 Å². The lowest BCUT2D eigenvalue weighted by atomic mass is 9.93. The highest BCUT2D eigenvalue weighted by atomic mass is 16.2. The van der Waals surface area contributed by atoms with E-state index in [1.165, 1.54) is 44.9 Å². The Balaban J connectivity index is 1.78. The molecule has 98 valence electrons. The van der Waals surface area contributed by atoms with E-state index in [0.717, 1.165) is 13.0 Å². The van der Waals surface area contributed by atoms with E-state index >= 15 is 0 Å². The van der Waals surface area contributed by atoms with Crippen molar-refractivity contribution in [3.63, 3.8) is 0 Å². The standard InChI is InChI=1S/C14H26N2O/c1-11-8-9-15-13(10-11)14(17)16-12-6-4-2-3-5-7-12/h11-13,15H,2-10H2,1H3,(H,16,17). The van der Waals surface area contributed by atoms with E-state index in [9.17, 15) is 4.79 Å². The van der Waals surface area contributed by atoms with Crippen molar-refractivity contribution < 1.29 is 4.79 Å². The van der Waals surface area contributed by atoms with Gasteiger partial charge >= 0.3 is 0 Å². The monoisotopic (exact) mass is 238 g/mol. The zero-order valence-corrected chi connectivity index (χ0v) is 11.0. The van der Waals surface area contributed by atoms with E-state index in [0.29, 0.717) is 12.0 Å². The minimum Gasteiger partial charge on any atom is -0.352 e. The first kappa shape index (κ1) is 12.9. The molecule has 1 heterocycles. The number of hydrogen-bond donors (Lipinski definition) is 2. The molecule has 0 aromatic heterocycles. The third-order valence-corrected chi connectivity index (χ3v) is 4.18. The van der Waals surface area contributed by atoms with Crippen molar-refractivity contribution in [2.75, 3.05) is 6.54 Å². The first-order valence-electron chi connectivity index (χ1n) is 7.29. The number of hydrogen-bond acceptors (Lipinski definition) is 2. The minimum atomic E-state index is 0.0574. The molecule has 3 nitrogen and oxygen atoms in total. The van der Waals surface area contributed by atoms with Gasteiger partial charge in [0.1, 0.15) is 0 Å². The van der Waals surface area contributed by atoms with Gasteiger partial charge < -0.3 is 10.6 Å². The smallest absolute Gasteiger partial charge is 0.237 e. The fraction of sp³-hybridized carbons (Fsp3) is 0.929. The van der Waals surface area contributed by atoms with Gasteiger partial charge in [0.2, 0.25) is 5.91 Å². The molecule has 0 aromatic carbocycles. The van der Waals surface area contributed by atoms with Gasteiger partial charge in [-0.05, 0) is 38.1 Å². The number of rotatable bonds is 2. The van der Waals surface area contributed by atoms with Crippen LogP contribution in [-0.4, -0.2) is 24.5 Å². The molecule has 1 aliphatic heterocycles. The molecule has 0 aromatic rings. The third-order valence-electron chi connectivity index (χ3n) is 4.18. The SMILES string of the molecule is CC1CCNC(C(=O)NC2CCCCCC2)C1. The average Bonchev–Trinajstić information content (AvgIpc) is 2.57. The molecule has 1 aliphatic carbocycles. The van der Waals surface area contributed by atoms with Crippen LogP contribution >= 0.6 is 0 Å². The molecular formula is C14H26N2O. The molecule has 0 spiro atoms. The summed E-state index contributed by atoms with van der Waals surface area (Å²) in [5.41, 5.74) is 0. The molecule has 1 saturated carbocycles. The van der Waals surface area contributed by atoms with Crippen LogP contribution in [0.2, 0.25) is 0 Å². The summed E-state index contributed by atoms with van der Waals surface area (Å²) in [6, 6.07) is 0.492. The van der Waals surface area contributed by atoms with Crippen LogP contribution in [0.4, 0.5) is 0 Å². The summed E-state index contributed by atoms with van der Waals surface area (Å²) in [6.07, 6.45) is 9.78. The van der Waals surface area contributed by atoms with Gasteiger partial charge in [-0.1, -0.05) is 32.6 Å². The Morgan fingerprint density at radius 2 is 1.82 bits per heavy atom. The summed E-state index contributed by atoms with van der Waals surface area (Å²) >= 11 is 0. The van der Waals surface area contributed by atoms with E-state index in [-0.39, 0.29) is 11.9 Å². The van der Waals surface area contributed by atoms with Crippen molar-refractivity contribution in [3.05, 3.63) is 0 Å². The predicted octanol–water partition coefficient (Wildman–Crippen LogP) is 2.21. The normalized spacial score (nSPS) is 31.8. The second kappa shape index (κ2) is 6.39. The Kier molecular flexibility index (Phi) is 4.84. The summed E-state index contributed by atoms with van der Waals surface area (Å²) in [5.74, 6) is 0.921. The zero-order valence-electron chi connectivity index (χ0n) is 11.0. The molecule has 0 bridgehead atoms. The molecular weight excluding hydrogens is 212 g/mol. The highest BCUT2D eigenvalue weighted by Gasteiger charge is 2.26. The van der Waals surface area contributed by atoms with Crippen molar-refractivity contribution in [2.45, 2.75) is 70.4 Å². The van der Waals surface area contributed by atoms with E-state index < -0.39 is 0 Å². The van der Waals surface area contributed by atoms with Gasteiger partial charge in [0.25, 0.3) is 0 Å². The van der Waals surface area contributed by atoms with Crippen LogP contribution in [-0.2, 0) is 4.79 Å². The maximum atomic E-state index is 12.2. The van der Waals surface area contributed by atoms with E-state index in [2.05, 4.69) is 17.6 Å². The first-order chi connectivity index (χ1) is 8.25. The second-order valence-electron chi connectivity index (χ2n) is 5.83. The molecule has 1 saturated heterocycles. The van der Waals surface area contributed by atoms with Gasteiger partial charge in [-0.3, -0.25) is 4.79 Å². The van der Waals surface area contributed by atoms with Crippen molar-refractivity contribution in [3.8, 4) is 0 Å². The molecule has 2 unspecified atom stereocenters. The van der Waals surface area contributed by atoms with Gasteiger partial charge in [-0.25, -0.2) is 0 Å². The number of carbonyl (C=O) groups excluding carboxylic acids is 1. The molecule has 2 fully saturated rings. The number of nitrogens with one attached hydrogen (secondary N) is 2. The van der Waals surface area contributed by atoms with Crippen LogP contribution in [0, 0.1) is 5.92 Å². The topological polar surface area (TPSA) is 41.1 Å². The first-order valence-corrected chi connectivity index (χ1v) is 7.29. The third kappa shape index (κ3) is 3.98. The quantitative estimate of drug-likeness (QED) is 0.724. The Hall–Kier alpha value is -0.570. The summed E-state index contributed by atoms with van der Waals surface area (Å²) in [5, 5.41) is 6.59. The summed E-state index contributed by atoms with van der Waals surface area (Å²) in [7, 11) is 0. The Labute approximate surface area is 105 Å². The second-order valence-corrected chi connectivity index (χ2v) is 5.83. The van der Waals surface area contributed by atoms with Crippen LogP contribution in [0.5, 0.6) is 0 Å². The largest absolute Gasteiger partial charge is 0.352 e. The molecule has 2 rings (SSSR count). The summed E-state index contributed by atoms with van der Waals surface area (Å²) in [6.45, 7) is 3.23. The molecule has 17 heavy (non-hydrogen) atoms. The number of amides is 1. The maximum Gasteiger partial charge on any atom is 0.237 e. The fourth-order valence-electron chi connectivity index (χ4n) is 3.03. The number of piperidine rings is 1. The fourth-order valence-corrected chi connectivity index (χ4v) is 3.03. The van der Waals surface area contributed by atoms with Crippen LogP contribution in [0.1, 0.15) is 58.3 Å². The van der Waals surface area contributed by atoms with Crippen molar-refractivity contribution in [1.29, 1.82) is 0 Å². The van der Waals surface area contributed by atoms with Crippen molar-refractivity contribution >= 4 is 5.91 Å². The van der Waals surface area contributed by atoms with Crippen LogP contribution in [0.15, 0.2) is 0 Å². The van der Waals surface area contributed by atoms with Crippen LogP contribution < -0.4 is 10.6 Å². The molecule has 2 N–H and O–H groups in total. The van der Waals surface area contributed by atoms with E-state index in [1.807, 2.05) is 0 Å². The van der Waals surface area contributed by atoms with Crippen LogP contribution in [0.3, 0.4) is 0 Å². The Morgan fingerprint density at radius 3 is 2.47 bits per heavy atom. The van der Waals surface area contributed by atoms with Crippen molar-refractivity contribution in [2.24, 2.45) is 5.92 Å².